The lowest BCUT2D eigenvalue weighted by atomic mass is 10.0. The fourth-order valence-corrected chi connectivity index (χ4v) is 10.7. The molecule has 0 rings (SSSR count). The number of nitrogens with zero attached hydrogens (tertiary/aromatic N) is 1. The maximum Gasteiger partial charge on any atom is 0.306 e. The average molecular weight is 1080 g/mol. The lowest BCUT2D eigenvalue weighted by Crippen LogP contribution is -2.37. The zero-order valence-corrected chi connectivity index (χ0v) is 51.7. The van der Waals surface area contributed by atoms with Crippen LogP contribution in [0.1, 0.15) is 341 Å². The van der Waals surface area contributed by atoms with Crippen molar-refractivity contribution >= 4 is 19.8 Å². The van der Waals surface area contributed by atoms with Gasteiger partial charge in [-0.2, -0.15) is 0 Å². The number of quaternary nitrogens is 1. The fourth-order valence-electron chi connectivity index (χ4n) is 9.95. The van der Waals surface area contributed by atoms with Crippen molar-refractivity contribution in [2.45, 2.75) is 347 Å². The minimum absolute atomic E-state index is 0.0279. The summed E-state index contributed by atoms with van der Waals surface area (Å²) in [7, 11) is 1.18. The van der Waals surface area contributed by atoms with Crippen molar-refractivity contribution in [1.29, 1.82) is 0 Å². The van der Waals surface area contributed by atoms with Gasteiger partial charge in [-0.05, 0) is 38.5 Å². The van der Waals surface area contributed by atoms with Crippen LogP contribution in [0, 0.1) is 0 Å². The first-order valence-electron chi connectivity index (χ1n) is 32.9. The van der Waals surface area contributed by atoms with E-state index in [2.05, 4.69) is 26.0 Å². The zero-order chi connectivity index (χ0) is 54.9. The van der Waals surface area contributed by atoms with E-state index < -0.39 is 26.5 Å². The highest BCUT2D eigenvalue weighted by Crippen LogP contribution is 2.38. The van der Waals surface area contributed by atoms with Crippen LogP contribution in [0.2, 0.25) is 0 Å². The molecule has 0 bridgehead atoms. The number of unbranched alkanes of at least 4 members (excludes halogenated alkanes) is 46. The lowest BCUT2D eigenvalue weighted by Gasteiger charge is -2.28. The molecule has 0 aromatic rings. The molecule has 0 N–H and O–H groups in total. The van der Waals surface area contributed by atoms with E-state index >= 15 is 0 Å². The van der Waals surface area contributed by atoms with Gasteiger partial charge in [0.1, 0.15) is 19.8 Å². The Balaban J connectivity index is 3.95. The van der Waals surface area contributed by atoms with E-state index in [1.807, 2.05) is 21.1 Å². The Morgan fingerprint density at radius 2 is 0.680 bits per heavy atom. The second-order valence-electron chi connectivity index (χ2n) is 23.8. The zero-order valence-electron chi connectivity index (χ0n) is 50.8. The van der Waals surface area contributed by atoms with Gasteiger partial charge in [-0.15, -0.1) is 0 Å². The van der Waals surface area contributed by atoms with Gasteiger partial charge in [0.15, 0.2) is 6.10 Å². The Morgan fingerprint density at radius 3 is 0.987 bits per heavy atom. The topological polar surface area (TPSA) is 111 Å². The number of likely N-dealkylation sites (N-methyl/N-ethyl adjacent to an activating group) is 1. The molecular formula is C65H128NO8P. The third-order valence-electron chi connectivity index (χ3n) is 15.0. The summed E-state index contributed by atoms with van der Waals surface area (Å²) in [5, 5.41) is 0. The molecule has 0 aromatic carbocycles. The number of rotatable bonds is 62. The summed E-state index contributed by atoms with van der Waals surface area (Å²) >= 11 is 0. The maximum atomic E-state index is 12.8. The van der Waals surface area contributed by atoms with Crippen LogP contribution >= 0.6 is 7.82 Å². The van der Waals surface area contributed by atoms with E-state index in [1.54, 1.807) is 0 Å². The van der Waals surface area contributed by atoms with Crippen LogP contribution in [0.4, 0.5) is 0 Å². The number of hydrogen-bond acceptors (Lipinski definition) is 8. The highest BCUT2D eigenvalue weighted by Gasteiger charge is 2.22. The van der Waals surface area contributed by atoms with Crippen LogP contribution in [-0.2, 0) is 32.7 Å². The van der Waals surface area contributed by atoms with Crippen molar-refractivity contribution < 1.29 is 42.1 Å². The molecule has 0 fully saturated rings. The van der Waals surface area contributed by atoms with Gasteiger partial charge in [0.25, 0.3) is 7.82 Å². The molecule has 0 spiro atoms. The van der Waals surface area contributed by atoms with E-state index in [-0.39, 0.29) is 32.0 Å². The normalized spacial score (nSPS) is 13.2. The summed E-state index contributed by atoms with van der Waals surface area (Å²) in [6, 6.07) is 0. The first-order valence-corrected chi connectivity index (χ1v) is 34.4. The average Bonchev–Trinajstić information content (AvgIpc) is 3.37. The molecule has 0 amide bonds. The highest BCUT2D eigenvalue weighted by atomic mass is 31.2. The second-order valence-corrected chi connectivity index (χ2v) is 25.3. The van der Waals surface area contributed by atoms with E-state index in [1.165, 1.54) is 263 Å². The van der Waals surface area contributed by atoms with Gasteiger partial charge in [-0.1, -0.05) is 302 Å². The minimum atomic E-state index is -4.63. The number of hydrogen-bond donors (Lipinski definition) is 0. The quantitative estimate of drug-likeness (QED) is 0.0195. The molecule has 0 radical (unpaired) electrons. The van der Waals surface area contributed by atoms with Crippen LogP contribution in [0.15, 0.2) is 12.2 Å². The van der Waals surface area contributed by atoms with E-state index in [0.29, 0.717) is 17.4 Å². The van der Waals surface area contributed by atoms with Gasteiger partial charge >= 0.3 is 11.9 Å². The van der Waals surface area contributed by atoms with Crippen molar-refractivity contribution in [1.82, 2.24) is 0 Å². The maximum absolute atomic E-state index is 12.8. The first-order chi connectivity index (χ1) is 36.5. The Morgan fingerprint density at radius 1 is 0.400 bits per heavy atom. The number of esters is 2. The summed E-state index contributed by atoms with van der Waals surface area (Å²) < 4.78 is 34.2. The number of phosphoric acid groups is 1. The first kappa shape index (κ1) is 73.8. The minimum Gasteiger partial charge on any atom is -0.756 e. The monoisotopic (exact) mass is 1080 g/mol. The van der Waals surface area contributed by atoms with E-state index in [0.717, 1.165) is 44.9 Å². The molecular weight excluding hydrogens is 954 g/mol. The molecule has 9 nitrogen and oxygen atoms in total. The second kappa shape index (κ2) is 57.4. The highest BCUT2D eigenvalue weighted by molar-refractivity contribution is 7.45. The van der Waals surface area contributed by atoms with E-state index in [4.69, 9.17) is 18.5 Å². The van der Waals surface area contributed by atoms with Crippen molar-refractivity contribution in [2.75, 3.05) is 47.5 Å². The molecule has 2 unspecified atom stereocenters. The number of allylic oxidation sites excluding steroid dienone is 2. The van der Waals surface area contributed by atoms with Crippen LogP contribution in [0.25, 0.3) is 0 Å². The Hall–Kier alpha value is -1.25. The summed E-state index contributed by atoms with van der Waals surface area (Å²) in [4.78, 5) is 37.9. The Bertz CT molecular complexity index is 1270. The van der Waals surface area contributed by atoms with Gasteiger partial charge < -0.3 is 27.9 Å². The molecule has 0 aromatic heterocycles. The van der Waals surface area contributed by atoms with Crippen molar-refractivity contribution in [2.24, 2.45) is 0 Å². The van der Waals surface area contributed by atoms with Crippen LogP contribution in [0.5, 0.6) is 0 Å². The summed E-state index contributed by atoms with van der Waals surface area (Å²) in [6.07, 6.45) is 68.7. The van der Waals surface area contributed by atoms with E-state index in [9.17, 15) is 19.0 Å². The molecule has 75 heavy (non-hydrogen) atoms. The summed E-state index contributed by atoms with van der Waals surface area (Å²) in [5.74, 6) is -0.818. The smallest absolute Gasteiger partial charge is 0.306 e. The summed E-state index contributed by atoms with van der Waals surface area (Å²) in [6.45, 7) is 4.30. The van der Waals surface area contributed by atoms with Crippen LogP contribution < -0.4 is 4.89 Å². The van der Waals surface area contributed by atoms with Crippen molar-refractivity contribution in [3.05, 3.63) is 12.2 Å². The molecule has 0 aliphatic carbocycles. The molecule has 0 aliphatic heterocycles. The molecule has 10 heteroatoms. The largest absolute Gasteiger partial charge is 0.756 e. The molecule has 0 saturated carbocycles. The standard InChI is InChI=1S/C65H128NO8P/c1-6-8-10-12-14-16-18-20-22-24-26-27-28-29-30-31-32-33-34-35-36-37-38-39-40-42-43-45-47-49-51-53-55-57-64(67)71-61-63(62-73-75(69,70)72-60-59-66(3,4)5)74-65(68)58-56-54-52-50-48-46-44-41-25-23-21-19-17-15-13-11-9-7-2/h23,25,63H,6-22,24,26-62H2,1-5H3/b25-23-. The predicted molar refractivity (Wildman–Crippen MR) is 319 cm³/mol. The van der Waals surface area contributed by atoms with Gasteiger partial charge in [0.2, 0.25) is 0 Å². The third kappa shape index (κ3) is 61.8. The number of ether oxygens (including phenoxy) is 2. The fraction of sp³-hybridized carbons (Fsp3) is 0.938. The van der Waals surface area contributed by atoms with Gasteiger partial charge in [0, 0.05) is 12.8 Å². The number of carbonyl (C=O) groups excluding carboxylic acids is 2. The summed E-state index contributed by atoms with van der Waals surface area (Å²) in [5.41, 5.74) is 0. The lowest BCUT2D eigenvalue weighted by molar-refractivity contribution is -0.870. The number of carbonyl (C=O) groups is 2. The Kier molecular flexibility index (Phi) is 56.5. The van der Waals surface area contributed by atoms with Gasteiger partial charge in [0.05, 0.1) is 27.7 Å². The molecule has 2 atom stereocenters. The third-order valence-corrected chi connectivity index (χ3v) is 16.0. The molecule has 0 saturated heterocycles. The van der Waals surface area contributed by atoms with Crippen molar-refractivity contribution in [3.8, 4) is 0 Å². The van der Waals surface area contributed by atoms with Gasteiger partial charge in [-0.3, -0.25) is 14.2 Å². The van der Waals surface area contributed by atoms with Gasteiger partial charge in [-0.25, -0.2) is 0 Å². The molecule has 0 aliphatic rings. The van der Waals surface area contributed by atoms with Crippen molar-refractivity contribution in [3.63, 3.8) is 0 Å². The molecule has 0 heterocycles. The van der Waals surface area contributed by atoms with Crippen LogP contribution in [-0.4, -0.2) is 70.0 Å². The van der Waals surface area contributed by atoms with Crippen LogP contribution in [0.3, 0.4) is 0 Å². The molecule has 446 valence electrons. The predicted octanol–water partition coefficient (Wildman–Crippen LogP) is 20.1. The number of phosphoric ester groups is 1. The Labute approximate surface area is 466 Å². The SMILES string of the molecule is CCCCCCCCC/C=C\CCCCCCCCCC(=O)OC(COC(=O)CCCCCCCCCCCCCCCCCCCCCCCCCCCCCCCCCCC)COP(=O)([O-])OCC[N+](C)(C)C.